The maximum Gasteiger partial charge on any atom is 0.335 e. The van der Waals surface area contributed by atoms with E-state index in [0.717, 1.165) is 5.75 Å². The molecular weight excluding hydrogens is 176 g/mol. The van der Waals surface area contributed by atoms with Crippen molar-refractivity contribution < 1.29 is 14.6 Å². The molecule has 0 spiro atoms. The number of hydrogen-bond acceptors (Lipinski definition) is 4. The monoisotopic (exact) mass is 192 g/mol. The van der Waals surface area contributed by atoms with Crippen molar-refractivity contribution in [3.8, 4) is 0 Å². The standard InChI is InChI=1S/C8H16O3S/c1-6(2)11-8(10)7(9)4-5-12-3/h6-7,9H,4-5H2,1-3H3/t7-/m1/s1. The molecule has 0 amide bonds. The highest BCUT2D eigenvalue weighted by Crippen LogP contribution is 2.03. The van der Waals surface area contributed by atoms with Crippen LogP contribution in [-0.2, 0) is 9.53 Å². The molecule has 0 rings (SSSR count). The number of aliphatic hydroxyl groups is 1. The van der Waals surface area contributed by atoms with Crippen molar-refractivity contribution in [2.75, 3.05) is 12.0 Å². The molecule has 1 atom stereocenters. The van der Waals surface area contributed by atoms with Crippen LogP contribution in [0.15, 0.2) is 0 Å². The number of ether oxygens (including phenoxy) is 1. The number of hydrogen-bond donors (Lipinski definition) is 1. The van der Waals surface area contributed by atoms with E-state index in [-0.39, 0.29) is 6.10 Å². The molecule has 1 N–H and O–H groups in total. The quantitative estimate of drug-likeness (QED) is 0.661. The zero-order valence-corrected chi connectivity index (χ0v) is 8.56. The van der Waals surface area contributed by atoms with Gasteiger partial charge in [0.15, 0.2) is 6.10 Å². The van der Waals surface area contributed by atoms with E-state index in [1.54, 1.807) is 25.6 Å². The van der Waals surface area contributed by atoms with Gasteiger partial charge in [-0.2, -0.15) is 11.8 Å². The Kier molecular flexibility index (Phi) is 6.20. The Labute approximate surface area is 77.5 Å². The minimum atomic E-state index is -0.958. The van der Waals surface area contributed by atoms with Gasteiger partial charge in [-0.25, -0.2) is 4.79 Å². The van der Waals surface area contributed by atoms with Crippen LogP contribution in [-0.4, -0.2) is 35.3 Å². The number of esters is 1. The highest BCUT2D eigenvalue weighted by atomic mass is 32.2. The van der Waals surface area contributed by atoms with E-state index in [0.29, 0.717) is 6.42 Å². The van der Waals surface area contributed by atoms with Gasteiger partial charge < -0.3 is 9.84 Å². The second-order valence-corrected chi connectivity index (χ2v) is 3.77. The Bertz CT molecular complexity index is 136. The van der Waals surface area contributed by atoms with Gasteiger partial charge in [-0.1, -0.05) is 0 Å². The van der Waals surface area contributed by atoms with Crippen LogP contribution < -0.4 is 0 Å². The van der Waals surface area contributed by atoms with Gasteiger partial charge in [-0.05, 0) is 32.3 Å². The van der Waals surface area contributed by atoms with Gasteiger partial charge in [0.25, 0.3) is 0 Å². The van der Waals surface area contributed by atoms with Gasteiger partial charge in [0, 0.05) is 0 Å². The first kappa shape index (κ1) is 11.8. The van der Waals surface area contributed by atoms with Gasteiger partial charge in [0.2, 0.25) is 0 Å². The lowest BCUT2D eigenvalue weighted by atomic mass is 10.3. The molecule has 3 nitrogen and oxygen atoms in total. The molecule has 0 radical (unpaired) electrons. The zero-order valence-electron chi connectivity index (χ0n) is 7.74. The lowest BCUT2D eigenvalue weighted by Gasteiger charge is -2.11. The van der Waals surface area contributed by atoms with Crippen molar-refractivity contribution in [1.82, 2.24) is 0 Å². The third kappa shape index (κ3) is 5.43. The molecule has 0 aromatic heterocycles. The molecular formula is C8H16O3S. The minimum absolute atomic E-state index is 0.151. The largest absolute Gasteiger partial charge is 0.461 e. The summed E-state index contributed by atoms with van der Waals surface area (Å²) < 4.78 is 4.81. The zero-order chi connectivity index (χ0) is 9.56. The fourth-order valence-electron chi connectivity index (χ4n) is 0.658. The molecule has 0 saturated carbocycles. The van der Waals surface area contributed by atoms with Crippen LogP contribution in [0.2, 0.25) is 0 Å². The van der Waals surface area contributed by atoms with E-state index in [4.69, 9.17) is 4.74 Å². The van der Waals surface area contributed by atoms with Crippen LogP contribution in [0.4, 0.5) is 0 Å². The van der Waals surface area contributed by atoms with E-state index in [9.17, 15) is 9.90 Å². The summed E-state index contributed by atoms with van der Waals surface area (Å²) in [5, 5.41) is 9.21. The van der Waals surface area contributed by atoms with Crippen molar-refractivity contribution in [3.05, 3.63) is 0 Å². The molecule has 0 bridgehead atoms. The van der Waals surface area contributed by atoms with Crippen LogP contribution in [0.5, 0.6) is 0 Å². The number of carbonyl (C=O) groups excluding carboxylic acids is 1. The third-order valence-corrected chi connectivity index (χ3v) is 1.86. The SMILES string of the molecule is CSCC[C@@H](O)C(=O)OC(C)C. The number of aliphatic hydroxyl groups excluding tert-OH is 1. The average molecular weight is 192 g/mol. The van der Waals surface area contributed by atoms with E-state index >= 15 is 0 Å². The Morgan fingerprint density at radius 2 is 2.17 bits per heavy atom. The summed E-state index contributed by atoms with van der Waals surface area (Å²) in [6, 6.07) is 0. The smallest absolute Gasteiger partial charge is 0.335 e. The molecule has 4 heteroatoms. The summed E-state index contributed by atoms with van der Waals surface area (Å²) in [5.41, 5.74) is 0. The first-order valence-electron chi connectivity index (χ1n) is 3.95. The first-order chi connectivity index (χ1) is 5.57. The van der Waals surface area contributed by atoms with Crippen LogP contribution in [0.25, 0.3) is 0 Å². The fraction of sp³-hybridized carbons (Fsp3) is 0.875. The maximum atomic E-state index is 11.0. The van der Waals surface area contributed by atoms with Crippen molar-refractivity contribution in [2.45, 2.75) is 32.5 Å². The summed E-state index contributed by atoms with van der Waals surface area (Å²) >= 11 is 1.60. The van der Waals surface area contributed by atoms with E-state index < -0.39 is 12.1 Å². The van der Waals surface area contributed by atoms with Crippen molar-refractivity contribution in [2.24, 2.45) is 0 Å². The van der Waals surface area contributed by atoms with E-state index in [2.05, 4.69) is 0 Å². The second-order valence-electron chi connectivity index (χ2n) is 2.78. The highest BCUT2D eigenvalue weighted by Gasteiger charge is 2.16. The van der Waals surface area contributed by atoms with Gasteiger partial charge >= 0.3 is 5.97 Å². The number of thioether (sulfide) groups is 1. The van der Waals surface area contributed by atoms with E-state index in [1.165, 1.54) is 0 Å². The molecule has 0 aliphatic heterocycles. The minimum Gasteiger partial charge on any atom is -0.461 e. The molecule has 0 aromatic rings. The number of carbonyl (C=O) groups is 1. The molecule has 0 saturated heterocycles. The lowest BCUT2D eigenvalue weighted by molar-refractivity contribution is -0.157. The molecule has 0 fully saturated rings. The molecule has 12 heavy (non-hydrogen) atoms. The average Bonchev–Trinajstić information content (AvgIpc) is 1.98. The van der Waals surface area contributed by atoms with Crippen molar-refractivity contribution in [3.63, 3.8) is 0 Å². The van der Waals surface area contributed by atoms with Crippen LogP contribution in [0.1, 0.15) is 20.3 Å². The summed E-state index contributed by atoms with van der Waals surface area (Å²) in [4.78, 5) is 11.0. The Morgan fingerprint density at radius 1 is 1.58 bits per heavy atom. The summed E-state index contributed by atoms with van der Waals surface area (Å²) in [7, 11) is 0. The molecule has 0 aliphatic carbocycles. The van der Waals surface area contributed by atoms with Crippen molar-refractivity contribution >= 4 is 17.7 Å². The summed E-state index contributed by atoms with van der Waals surface area (Å²) in [5.74, 6) is 0.257. The van der Waals surface area contributed by atoms with Crippen molar-refractivity contribution in [1.29, 1.82) is 0 Å². The molecule has 0 aromatic carbocycles. The predicted molar refractivity (Wildman–Crippen MR) is 50.2 cm³/mol. The lowest BCUT2D eigenvalue weighted by Crippen LogP contribution is -2.26. The third-order valence-electron chi connectivity index (χ3n) is 1.22. The molecule has 0 aliphatic rings. The normalized spacial score (nSPS) is 13.1. The Morgan fingerprint density at radius 3 is 2.58 bits per heavy atom. The molecule has 72 valence electrons. The topological polar surface area (TPSA) is 46.5 Å². The summed E-state index contributed by atoms with van der Waals surface area (Å²) in [6.45, 7) is 3.53. The van der Waals surface area contributed by atoms with Crippen LogP contribution >= 0.6 is 11.8 Å². The first-order valence-corrected chi connectivity index (χ1v) is 5.34. The highest BCUT2D eigenvalue weighted by molar-refractivity contribution is 7.98. The Balaban J connectivity index is 3.61. The van der Waals surface area contributed by atoms with Crippen LogP contribution in [0.3, 0.4) is 0 Å². The Hall–Kier alpha value is -0.220. The van der Waals surface area contributed by atoms with Gasteiger partial charge in [-0.3, -0.25) is 0 Å². The van der Waals surface area contributed by atoms with Crippen LogP contribution in [0, 0.1) is 0 Å². The second kappa shape index (κ2) is 6.31. The van der Waals surface area contributed by atoms with Gasteiger partial charge in [-0.15, -0.1) is 0 Å². The van der Waals surface area contributed by atoms with Gasteiger partial charge in [0.1, 0.15) is 0 Å². The maximum absolute atomic E-state index is 11.0. The van der Waals surface area contributed by atoms with Gasteiger partial charge in [0.05, 0.1) is 6.10 Å². The van der Waals surface area contributed by atoms with E-state index in [1.807, 2.05) is 6.26 Å². The molecule has 0 unspecified atom stereocenters. The predicted octanol–water partition coefficient (Wildman–Crippen LogP) is 1.05. The fourth-order valence-corrected chi connectivity index (χ4v) is 1.12. The summed E-state index contributed by atoms with van der Waals surface area (Å²) in [6.07, 6.45) is 1.29. The molecule has 0 heterocycles. The number of rotatable bonds is 5.